The number of nitrogens with zero attached hydrogens (tertiary/aromatic N) is 2. The summed E-state index contributed by atoms with van der Waals surface area (Å²) in [5.41, 5.74) is 0. The fraction of sp³-hybridized carbons (Fsp3) is 0.700. The van der Waals surface area contributed by atoms with Gasteiger partial charge in [0.15, 0.2) is 0 Å². The van der Waals surface area contributed by atoms with Crippen LogP contribution in [0.4, 0.5) is 0 Å². The average molecular weight is 246 g/mol. The number of aryl methyl sites for hydroxylation is 1. The molecule has 1 heterocycles. The van der Waals surface area contributed by atoms with Crippen LogP contribution in [0.2, 0.25) is 0 Å². The van der Waals surface area contributed by atoms with Gasteiger partial charge < -0.3 is 4.55 Å². The maximum Gasteiger partial charge on any atom is 0.243 e. The summed E-state index contributed by atoms with van der Waals surface area (Å²) in [6.07, 6.45) is 6.13. The van der Waals surface area contributed by atoms with E-state index in [4.69, 9.17) is 0 Å². The molecule has 1 aromatic heterocycles. The van der Waals surface area contributed by atoms with E-state index in [0.29, 0.717) is 18.9 Å². The standard InChI is InChI=1S/C10H18N2O3S/c1-10(2)8-12-6-5-11(9-12)4-3-7-16(13,14)15/h5-6,9-10H,3-4,7-8H2,1-2H3. The molecule has 6 heteroatoms. The molecule has 1 rings (SSSR count). The summed E-state index contributed by atoms with van der Waals surface area (Å²) in [5, 5.41) is 0. The Morgan fingerprint density at radius 1 is 1.44 bits per heavy atom. The van der Waals surface area contributed by atoms with Crippen molar-refractivity contribution in [2.24, 2.45) is 5.92 Å². The summed E-state index contributed by atoms with van der Waals surface area (Å²) in [4.78, 5) is 0. The molecular weight excluding hydrogens is 228 g/mol. The molecule has 0 amide bonds. The molecule has 0 N–H and O–H groups in total. The van der Waals surface area contributed by atoms with Crippen LogP contribution in [0.1, 0.15) is 20.3 Å². The third-order valence-electron chi connectivity index (χ3n) is 2.13. The lowest BCUT2D eigenvalue weighted by Crippen LogP contribution is -2.33. The number of aromatic nitrogens is 2. The van der Waals surface area contributed by atoms with Gasteiger partial charge in [-0.2, -0.15) is 0 Å². The van der Waals surface area contributed by atoms with Crippen LogP contribution in [0.15, 0.2) is 18.7 Å². The minimum Gasteiger partial charge on any atom is -0.748 e. The van der Waals surface area contributed by atoms with Crippen molar-refractivity contribution in [1.29, 1.82) is 0 Å². The monoisotopic (exact) mass is 246 g/mol. The Bertz CT molecular complexity index is 423. The summed E-state index contributed by atoms with van der Waals surface area (Å²) < 4.78 is 35.2. The number of imidazole rings is 1. The SMILES string of the molecule is CC(C)C[n+]1ccn(CCCS(=O)(=O)[O-])c1. The Labute approximate surface area is 96.5 Å². The number of hydrogen-bond donors (Lipinski definition) is 0. The summed E-state index contributed by atoms with van der Waals surface area (Å²) in [5.74, 6) is 0.276. The van der Waals surface area contributed by atoms with Gasteiger partial charge in [0.05, 0.1) is 23.2 Å². The van der Waals surface area contributed by atoms with E-state index in [1.54, 1.807) is 0 Å². The molecule has 0 atom stereocenters. The summed E-state index contributed by atoms with van der Waals surface area (Å²) in [7, 11) is -4.08. The van der Waals surface area contributed by atoms with E-state index in [-0.39, 0.29) is 5.75 Å². The molecule has 0 aliphatic rings. The zero-order valence-electron chi connectivity index (χ0n) is 9.67. The zero-order chi connectivity index (χ0) is 12.2. The first-order valence-corrected chi connectivity index (χ1v) is 6.93. The highest BCUT2D eigenvalue weighted by Crippen LogP contribution is 1.95. The van der Waals surface area contributed by atoms with Crippen molar-refractivity contribution in [3.05, 3.63) is 18.7 Å². The van der Waals surface area contributed by atoms with Crippen LogP contribution in [0, 0.1) is 5.92 Å². The minimum atomic E-state index is -4.08. The van der Waals surface area contributed by atoms with Gasteiger partial charge in [-0.25, -0.2) is 17.6 Å². The van der Waals surface area contributed by atoms with Crippen molar-refractivity contribution < 1.29 is 17.5 Å². The van der Waals surface area contributed by atoms with Crippen LogP contribution >= 0.6 is 0 Å². The van der Waals surface area contributed by atoms with Gasteiger partial charge in [-0.1, -0.05) is 13.8 Å². The van der Waals surface area contributed by atoms with E-state index >= 15 is 0 Å². The second kappa shape index (κ2) is 5.45. The molecule has 16 heavy (non-hydrogen) atoms. The predicted molar refractivity (Wildman–Crippen MR) is 58.6 cm³/mol. The van der Waals surface area contributed by atoms with Crippen LogP contribution in [0.25, 0.3) is 0 Å². The highest BCUT2D eigenvalue weighted by atomic mass is 32.2. The van der Waals surface area contributed by atoms with Crippen LogP contribution in [0.5, 0.6) is 0 Å². The Balaban J connectivity index is 2.41. The van der Waals surface area contributed by atoms with Gasteiger partial charge in [-0.3, -0.25) is 0 Å². The smallest absolute Gasteiger partial charge is 0.243 e. The minimum absolute atomic E-state index is 0.296. The molecule has 0 aliphatic carbocycles. The Hall–Kier alpha value is -0.880. The molecule has 1 aromatic rings. The second-order valence-corrected chi connectivity index (χ2v) is 5.88. The van der Waals surface area contributed by atoms with Gasteiger partial charge in [0.25, 0.3) is 0 Å². The van der Waals surface area contributed by atoms with Gasteiger partial charge in [-0.05, 0) is 12.3 Å². The molecule has 0 saturated carbocycles. The van der Waals surface area contributed by atoms with Crippen molar-refractivity contribution in [3.8, 4) is 0 Å². The molecule has 0 unspecified atom stereocenters. The van der Waals surface area contributed by atoms with E-state index < -0.39 is 10.1 Å². The summed E-state index contributed by atoms with van der Waals surface area (Å²) >= 11 is 0. The highest BCUT2D eigenvalue weighted by Gasteiger charge is 2.05. The van der Waals surface area contributed by atoms with E-state index in [9.17, 15) is 13.0 Å². The lowest BCUT2D eigenvalue weighted by Gasteiger charge is -2.04. The normalized spacial score (nSPS) is 12.2. The van der Waals surface area contributed by atoms with Crippen molar-refractivity contribution >= 4 is 10.1 Å². The topological polar surface area (TPSA) is 66.0 Å². The van der Waals surface area contributed by atoms with Gasteiger partial charge in [-0.15, -0.1) is 0 Å². The third kappa shape index (κ3) is 5.27. The van der Waals surface area contributed by atoms with Crippen LogP contribution in [-0.4, -0.2) is 23.3 Å². The fourth-order valence-corrected chi connectivity index (χ4v) is 2.01. The molecule has 0 aromatic carbocycles. The van der Waals surface area contributed by atoms with Gasteiger partial charge in [0.2, 0.25) is 6.33 Å². The van der Waals surface area contributed by atoms with E-state index in [0.717, 1.165) is 6.54 Å². The van der Waals surface area contributed by atoms with E-state index in [2.05, 4.69) is 18.4 Å². The third-order valence-corrected chi connectivity index (χ3v) is 2.92. The Morgan fingerprint density at radius 2 is 2.12 bits per heavy atom. The molecule has 0 radical (unpaired) electrons. The van der Waals surface area contributed by atoms with Gasteiger partial charge in [0.1, 0.15) is 12.4 Å². The molecule has 92 valence electrons. The molecule has 0 aliphatic heterocycles. The lowest BCUT2D eigenvalue weighted by atomic mass is 10.2. The van der Waals surface area contributed by atoms with Crippen molar-refractivity contribution in [2.45, 2.75) is 33.4 Å². The predicted octanol–water partition coefficient (Wildman–Crippen LogP) is 0.367. The average Bonchev–Trinajstić information content (AvgIpc) is 2.49. The second-order valence-electron chi connectivity index (χ2n) is 4.36. The first-order valence-electron chi connectivity index (χ1n) is 5.35. The molecule has 0 bridgehead atoms. The van der Waals surface area contributed by atoms with Crippen molar-refractivity contribution in [3.63, 3.8) is 0 Å². The van der Waals surface area contributed by atoms with Gasteiger partial charge in [0, 0.05) is 5.75 Å². The number of rotatable bonds is 6. The first kappa shape index (κ1) is 13.2. The quantitative estimate of drug-likeness (QED) is 0.538. The summed E-state index contributed by atoms with van der Waals surface area (Å²) in [6, 6.07) is 0. The van der Waals surface area contributed by atoms with Crippen LogP contribution in [-0.2, 0) is 23.2 Å². The summed E-state index contributed by atoms with van der Waals surface area (Å²) in [6.45, 7) is 5.77. The first-order chi connectivity index (χ1) is 7.37. The Morgan fingerprint density at radius 3 is 2.69 bits per heavy atom. The largest absolute Gasteiger partial charge is 0.748 e. The fourth-order valence-electron chi connectivity index (χ4n) is 1.52. The molecule has 5 nitrogen and oxygen atoms in total. The molecule has 0 fully saturated rings. The number of hydrogen-bond acceptors (Lipinski definition) is 3. The maximum absolute atomic E-state index is 10.4. The van der Waals surface area contributed by atoms with Gasteiger partial charge >= 0.3 is 0 Å². The molecule has 0 saturated heterocycles. The molecular formula is C10H18N2O3S. The van der Waals surface area contributed by atoms with Crippen molar-refractivity contribution in [1.82, 2.24) is 4.57 Å². The van der Waals surface area contributed by atoms with Crippen molar-refractivity contribution in [2.75, 3.05) is 5.75 Å². The van der Waals surface area contributed by atoms with E-state index in [1.807, 2.05) is 23.3 Å². The Kier molecular flexibility index (Phi) is 4.49. The van der Waals surface area contributed by atoms with Crippen LogP contribution in [0.3, 0.4) is 0 Å². The van der Waals surface area contributed by atoms with E-state index in [1.165, 1.54) is 0 Å². The maximum atomic E-state index is 10.4. The lowest BCUT2D eigenvalue weighted by molar-refractivity contribution is -0.701. The van der Waals surface area contributed by atoms with Crippen LogP contribution < -0.4 is 4.57 Å². The highest BCUT2D eigenvalue weighted by molar-refractivity contribution is 7.85. The zero-order valence-corrected chi connectivity index (χ0v) is 10.5. The molecule has 0 spiro atoms.